The van der Waals surface area contributed by atoms with E-state index in [9.17, 15) is 14.4 Å². The first-order chi connectivity index (χ1) is 8.91. The quantitative estimate of drug-likeness (QED) is 0.353. The Bertz CT molecular complexity index is 590. The van der Waals surface area contributed by atoms with Crippen molar-refractivity contribution >= 4 is 34.9 Å². The largest absolute Gasteiger partial charge is 0.383 e. The van der Waals surface area contributed by atoms with Gasteiger partial charge in [0.05, 0.1) is 5.69 Å². The number of ketones is 1. The molecule has 0 N–H and O–H groups in total. The Morgan fingerprint density at radius 2 is 1.63 bits per heavy atom. The van der Waals surface area contributed by atoms with Crippen molar-refractivity contribution in [3.05, 3.63) is 41.1 Å². The van der Waals surface area contributed by atoms with Gasteiger partial charge < -0.3 is 4.90 Å². The van der Waals surface area contributed by atoms with E-state index in [-0.39, 0.29) is 5.57 Å². The predicted octanol–water partition coefficient (Wildman–Crippen LogP) is 1.23. The van der Waals surface area contributed by atoms with Crippen LogP contribution >= 0.6 is 11.6 Å². The third-order valence-corrected chi connectivity index (χ3v) is 2.80. The molecule has 5 nitrogen and oxygen atoms in total. The first-order valence-electron chi connectivity index (χ1n) is 5.48. The minimum Gasteiger partial charge on any atom is -0.383 e. The molecule has 1 aromatic carbocycles. The summed E-state index contributed by atoms with van der Waals surface area (Å²) in [6.45, 7) is 0. The number of halogens is 1. The molecule has 0 bridgehead atoms. The van der Waals surface area contributed by atoms with E-state index in [4.69, 9.17) is 11.6 Å². The van der Waals surface area contributed by atoms with E-state index in [1.165, 1.54) is 18.3 Å². The molecule has 1 aromatic rings. The Morgan fingerprint density at radius 3 is 2.16 bits per heavy atom. The Labute approximate surface area is 115 Å². The average molecular weight is 279 g/mol. The molecular formula is C13H11ClN2O3. The first-order valence-corrected chi connectivity index (χ1v) is 5.86. The van der Waals surface area contributed by atoms with Crippen molar-refractivity contribution in [2.45, 2.75) is 0 Å². The maximum Gasteiger partial charge on any atom is 0.306 e. The molecule has 1 saturated heterocycles. The van der Waals surface area contributed by atoms with Gasteiger partial charge in [0.15, 0.2) is 0 Å². The summed E-state index contributed by atoms with van der Waals surface area (Å²) in [7, 11) is 3.34. The van der Waals surface area contributed by atoms with Crippen LogP contribution in [0.5, 0.6) is 0 Å². The number of hydrogen-bond acceptors (Lipinski definition) is 4. The number of Topliss-reactive ketones (excluding diaryl/α,β-unsaturated/α-hetero) is 1. The van der Waals surface area contributed by atoms with Gasteiger partial charge in [0, 0.05) is 25.3 Å². The van der Waals surface area contributed by atoms with Gasteiger partial charge in [0.2, 0.25) is 0 Å². The van der Waals surface area contributed by atoms with Gasteiger partial charge in [-0.15, -0.1) is 0 Å². The smallest absolute Gasteiger partial charge is 0.306 e. The monoisotopic (exact) mass is 278 g/mol. The molecule has 0 aliphatic carbocycles. The first kappa shape index (κ1) is 13.3. The lowest BCUT2D eigenvalue weighted by molar-refractivity contribution is -0.132. The summed E-state index contributed by atoms with van der Waals surface area (Å²) in [6.07, 6.45) is 1.35. The highest BCUT2D eigenvalue weighted by Crippen LogP contribution is 2.25. The third-order valence-electron chi connectivity index (χ3n) is 2.55. The molecule has 2 amide bonds. The zero-order chi connectivity index (χ0) is 14.2. The second-order valence-electron chi connectivity index (χ2n) is 4.26. The maximum atomic E-state index is 12.1. The number of benzene rings is 1. The number of nitrogens with zero attached hydrogens (tertiary/aromatic N) is 2. The van der Waals surface area contributed by atoms with E-state index in [0.29, 0.717) is 10.7 Å². The van der Waals surface area contributed by atoms with Crippen molar-refractivity contribution in [2.75, 3.05) is 19.0 Å². The number of amides is 2. The summed E-state index contributed by atoms with van der Waals surface area (Å²) in [5, 5.41) is 0.484. The summed E-state index contributed by atoms with van der Waals surface area (Å²) in [4.78, 5) is 38.1. The van der Waals surface area contributed by atoms with Gasteiger partial charge in [-0.2, -0.15) is 0 Å². The average Bonchev–Trinajstić information content (AvgIpc) is 2.55. The highest BCUT2D eigenvalue weighted by molar-refractivity contribution is 6.63. The number of carbonyl (C=O) groups excluding carboxylic acids is 3. The molecule has 1 heterocycles. The summed E-state index contributed by atoms with van der Waals surface area (Å²) >= 11 is 5.74. The molecule has 1 aliphatic rings. The zero-order valence-corrected chi connectivity index (χ0v) is 11.1. The lowest BCUT2D eigenvalue weighted by Gasteiger charge is -2.12. The van der Waals surface area contributed by atoms with Crippen LogP contribution < -0.4 is 4.90 Å². The Kier molecular flexibility index (Phi) is 3.40. The van der Waals surface area contributed by atoms with Crippen molar-refractivity contribution in [2.24, 2.45) is 0 Å². The minimum absolute atomic E-state index is 0.134. The van der Waals surface area contributed by atoms with Crippen LogP contribution in [0.2, 0.25) is 5.02 Å². The van der Waals surface area contributed by atoms with Crippen LogP contribution in [0.1, 0.15) is 0 Å². The molecule has 0 aromatic heterocycles. The molecule has 19 heavy (non-hydrogen) atoms. The molecule has 0 atom stereocenters. The third kappa shape index (κ3) is 2.37. The van der Waals surface area contributed by atoms with Crippen LogP contribution in [-0.2, 0) is 14.4 Å². The van der Waals surface area contributed by atoms with Crippen LogP contribution in [-0.4, -0.2) is 36.6 Å². The maximum absolute atomic E-state index is 12.1. The normalized spacial score (nSPS) is 17.5. The predicted molar refractivity (Wildman–Crippen MR) is 70.7 cm³/mol. The van der Waals surface area contributed by atoms with Gasteiger partial charge in [-0.25, -0.2) is 4.90 Å². The van der Waals surface area contributed by atoms with E-state index in [2.05, 4.69) is 0 Å². The Balaban J connectivity index is 2.43. The van der Waals surface area contributed by atoms with Crippen molar-refractivity contribution < 1.29 is 14.4 Å². The van der Waals surface area contributed by atoms with E-state index in [1.807, 2.05) is 0 Å². The highest BCUT2D eigenvalue weighted by atomic mass is 35.5. The Morgan fingerprint density at radius 1 is 1.05 bits per heavy atom. The number of hydrogen-bond donors (Lipinski definition) is 0. The van der Waals surface area contributed by atoms with E-state index >= 15 is 0 Å². The van der Waals surface area contributed by atoms with Crippen molar-refractivity contribution in [3.8, 4) is 0 Å². The van der Waals surface area contributed by atoms with Crippen LogP contribution in [0.15, 0.2) is 36.0 Å². The molecule has 0 unspecified atom stereocenters. The van der Waals surface area contributed by atoms with Gasteiger partial charge in [-0.1, -0.05) is 11.6 Å². The van der Waals surface area contributed by atoms with Crippen molar-refractivity contribution in [3.63, 3.8) is 0 Å². The molecule has 0 radical (unpaired) electrons. The summed E-state index contributed by atoms with van der Waals surface area (Å²) in [5.74, 6) is -2.26. The highest BCUT2D eigenvalue weighted by Gasteiger charge is 2.43. The lowest BCUT2D eigenvalue weighted by Crippen LogP contribution is -2.30. The summed E-state index contributed by atoms with van der Waals surface area (Å²) in [6, 6.07) is 6.14. The molecule has 2 rings (SSSR count). The molecule has 1 aliphatic heterocycles. The second-order valence-corrected chi connectivity index (χ2v) is 4.69. The molecule has 98 valence electrons. The zero-order valence-electron chi connectivity index (χ0n) is 10.4. The fourth-order valence-corrected chi connectivity index (χ4v) is 1.85. The fourth-order valence-electron chi connectivity index (χ4n) is 1.72. The molecule has 0 spiro atoms. The van der Waals surface area contributed by atoms with Crippen molar-refractivity contribution in [1.29, 1.82) is 0 Å². The molecule has 1 fully saturated rings. The van der Waals surface area contributed by atoms with Gasteiger partial charge in [0.25, 0.3) is 11.7 Å². The molecule has 0 saturated carbocycles. The SMILES string of the molecule is CN(C)/C=C1\C(=O)C(=O)N(c2ccc(Cl)cc2)C1=O. The molecular weight excluding hydrogens is 268 g/mol. The van der Waals surface area contributed by atoms with E-state index in [0.717, 1.165) is 4.90 Å². The number of rotatable bonds is 2. The van der Waals surface area contributed by atoms with Crippen LogP contribution in [0, 0.1) is 0 Å². The van der Waals surface area contributed by atoms with Crippen LogP contribution in [0.3, 0.4) is 0 Å². The van der Waals surface area contributed by atoms with Gasteiger partial charge in [-0.05, 0) is 24.3 Å². The van der Waals surface area contributed by atoms with Crippen molar-refractivity contribution in [1.82, 2.24) is 4.90 Å². The van der Waals surface area contributed by atoms with Gasteiger partial charge in [-0.3, -0.25) is 14.4 Å². The lowest BCUT2D eigenvalue weighted by atomic mass is 10.2. The Hall–Kier alpha value is -2.14. The topological polar surface area (TPSA) is 57.7 Å². The van der Waals surface area contributed by atoms with Gasteiger partial charge in [0.1, 0.15) is 5.57 Å². The number of imide groups is 1. The second kappa shape index (κ2) is 4.85. The van der Waals surface area contributed by atoms with E-state index in [1.54, 1.807) is 31.1 Å². The minimum atomic E-state index is -0.847. The fraction of sp³-hybridized carbons (Fsp3) is 0.154. The molecule has 6 heteroatoms. The number of carbonyl (C=O) groups is 3. The van der Waals surface area contributed by atoms with Crippen LogP contribution in [0.4, 0.5) is 5.69 Å². The standard InChI is InChI=1S/C13H11ClN2O3/c1-15(2)7-10-11(17)13(19)16(12(10)18)9-5-3-8(14)4-6-9/h3-7H,1-2H3/b10-7+. The van der Waals surface area contributed by atoms with E-state index < -0.39 is 17.6 Å². The van der Waals surface area contributed by atoms with Crippen LogP contribution in [0.25, 0.3) is 0 Å². The summed E-state index contributed by atoms with van der Waals surface area (Å²) < 4.78 is 0. The number of anilines is 1. The summed E-state index contributed by atoms with van der Waals surface area (Å²) in [5.41, 5.74) is 0.194. The van der Waals surface area contributed by atoms with Gasteiger partial charge >= 0.3 is 5.91 Å².